The number of thioether (sulfide) groups is 1. The Morgan fingerprint density at radius 2 is 1.96 bits per heavy atom. The fraction of sp³-hybridized carbons (Fsp3) is 0.471. The number of aromatic nitrogens is 3. The van der Waals surface area contributed by atoms with E-state index in [-0.39, 0.29) is 17.1 Å². The molecule has 8 heteroatoms. The van der Waals surface area contributed by atoms with Crippen molar-refractivity contribution in [3.63, 3.8) is 0 Å². The number of nitrogens with two attached hydrogens (primary N) is 1. The third-order valence-corrected chi connectivity index (χ3v) is 4.51. The molecule has 2 rings (SSSR count). The van der Waals surface area contributed by atoms with Gasteiger partial charge >= 0.3 is 0 Å². The lowest BCUT2D eigenvalue weighted by Crippen LogP contribution is -2.28. The van der Waals surface area contributed by atoms with Gasteiger partial charge in [0.25, 0.3) is 0 Å². The van der Waals surface area contributed by atoms with Crippen LogP contribution in [-0.2, 0) is 16.6 Å². The average Bonchev–Trinajstić information content (AvgIpc) is 2.94. The van der Waals surface area contributed by atoms with Crippen LogP contribution in [0.5, 0.6) is 5.75 Å². The normalized spacial score (nSPS) is 11.4. The lowest BCUT2D eigenvalue weighted by molar-refractivity contribution is -0.118. The van der Waals surface area contributed by atoms with Gasteiger partial charge < -0.3 is 15.9 Å². The summed E-state index contributed by atoms with van der Waals surface area (Å²) in [6, 6.07) is 7.80. The van der Waals surface area contributed by atoms with Crippen LogP contribution in [0.15, 0.2) is 29.4 Å². The second-order valence-electron chi connectivity index (χ2n) is 6.66. The molecule has 3 N–H and O–H groups in total. The summed E-state index contributed by atoms with van der Waals surface area (Å²) in [5.41, 5.74) is 0.951. The van der Waals surface area contributed by atoms with E-state index in [4.69, 9.17) is 10.6 Å². The van der Waals surface area contributed by atoms with Crippen molar-refractivity contribution >= 4 is 17.7 Å². The summed E-state index contributed by atoms with van der Waals surface area (Å²) in [4.78, 5) is 12.0. The smallest absolute Gasteiger partial charge is 0.230 e. The van der Waals surface area contributed by atoms with Crippen LogP contribution >= 0.6 is 11.8 Å². The predicted molar refractivity (Wildman–Crippen MR) is 99.3 cm³/mol. The van der Waals surface area contributed by atoms with E-state index >= 15 is 0 Å². The van der Waals surface area contributed by atoms with Crippen LogP contribution in [0.2, 0.25) is 0 Å². The van der Waals surface area contributed by atoms with Gasteiger partial charge in [0.1, 0.15) is 5.75 Å². The van der Waals surface area contributed by atoms with E-state index in [1.165, 1.54) is 16.4 Å². The lowest BCUT2D eigenvalue weighted by Gasteiger charge is -2.16. The number of carbonyl (C=O) groups is 1. The van der Waals surface area contributed by atoms with Gasteiger partial charge in [-0.15, -0.1) is 10.2 Å². The molecule has 0 radical (unpaired) electrons. The highest BCUT2D eigenvalue weighted by atomic mass is 32.2. The molecular weight excluding hydrogens is 338 g/mol. The van der Waals surface area contributed by atoms with Crippen molar-refractivity contribution in [1.82, 2.24) is 20.2 Å². The number of rotatable bonds is 7. The molecule has 0 saturated heterocycles. The van der Waals surface area contributed by atoms with Gasteiger partial charge in [0, 0.05) is 12.0 Å². The summed E-state index contributed by atoms with van der Waals surface area (Å²) in [5, 5.41) is 11.6. The first-order valence-electron chi connectivity index (χ1n) is 8.04. The second kappa shape index (κ2) is 8.24. The maximum Gasteiger partial charge on any atom is 0.230 e. The van der Waals surface area contributed by atoms with E-state index in [1.54, 1.807) is 7.11 Å². The Morgan fingerprint density at radius 1 is 1.28 bits per heavy atom. The second-order valence-corrected chi connectivity index (χ2v) is 7.61. The molecule has 136 valence electrons. The van der Waals surface area contributed by atoms with Crippen molar-refractivity contribution in [3.05, 3.63) is 35.7 Å². The SMILES string of the molecule is COc1ccc(CCNC(=O)CSc2nnc(C(C)(C)C)n2N)cc1. The zero-order valence-corrected chi connectivity index (χ0v) is 15.9. The van der Waals surface area contributed by atoms with Crippen molar-refractivity contribution in [2.45, 2.75) is 37.8 Å². The minimum Gasteiger partial charge on any atom is -0.497 e. The van der Waals surface area contributed by atoms with E-state index in [2.05, 4.69) is 15.5 Å². The fourth-order valence-corrected chi connectivity index (χ4v) is 2.89. The van der Waals surface area contributed by atoms with Gasteiger partial charge in [-0.05, 0) is 24.1 Å². The molecule has 2 aromatic rings. The Bertz CT molecular complexity index is 707. The number of nitrogens with zero attached hydrogens (tertiary/aromatic N) is 3. The van der Waals surface area contributed by atoms with Gasteiger partial charge in [-0.1, -0.05) is 44.7 Å². The van der Waals surface area contributed by atoms with Crippen LogP contribution in [0.1, 0.15) is 32.2 Å². The van der Waals surface area contributed by atoms with E-state index in [0.717, 1.165) is 17.7 Å². The third kappa shape index (κ3) is 5.38. The summed E-state index contributed by atoms with van der Waals surface area (Å²) < 4.78 is 6.58. The Labute approximate surface area is 152 Å². The van der Waals surface area contributed by atoms with Crippen LogP contribution in [0.3, 0.4) is 0 Å². The zero-order chi connectivity index (χ0) is 18.4. The van der Waals surface area contributed by atoms with Crippen molar-refractivity contribution in [2.24, 2.45) is 0 Å². The van der Waals surface area contributed by atoms with Gasteiger partial charge in [0.05, 0.1) is 12.9 Å². The molecular formula is C17H25N5O2S. The molecule has 0 spiro atoms. The molecule has 0 aliphatic heterocycles. The fourth-order valence-electron chi connectivity index (χ4n) is 2.21. The molecule has 0 aliphatic rings. The lowest BCUT2D eigenvalue weighted by atomic mass is 9.96. The number of methoxy groups -OCH3 is 1. The number of amides is 1. The van der Waals surface area contributed by atoms with E-state index in [0.29, 0.717) is 17.5 Å². The maximum atomic E-state index is 12.0. The monoisotopic (exact) mass is 363 g/mol. The minimum atomic E-state index is -0.193. The first kappa shape index (κ1) is 19.1. The van der Waals surface area contributed by atoms with Gasteiger partial charge in [0.15, 0.2) is 5.82 Å². The first-order valence-corrected chi connectivity index (χ1v) is 9.03. The standard InChI is InChI=1S/C17H25N5O2S/c1-17(2,3)15-20-21-16(22(15)18)25-11-14(23)19-10-9-12-5-7-13(24-4)8-6-12/h5-8H,9-11,18H2,1-4H3,(H,19,23). The Hall–Kier alpha value is -2.22. The summed E-state index contributed by atoms with van der Waals surface area (Å²) >= 11 is 1.28. The minimum absolute atomic E-state index is 0.0566. The van der Waals surface area contributed by atoms with Gasteiger partial charge in [-0.2, -0.15) is 0 Å². The van der Waals surface area contributed by atoms with Crippen molar-refractivity contribution in [1.29, 1.82) is 0 Å². The number of hydrogen-bond donors (Lipinski definition) is 2. The highest BCUT2D eigenvalue weighted by Gasteiger charge is 2.23. The predicted octanol–water partition coefficient (Wildman–Crippen LogP) is 1.75. The Kier molecular flexibility index (Phi) is 6.30. The molecule has 25 heavy (non-hydrogen) atoms. The van der Waals surface area contributed by atoms with Gasteiger partial charge in [-0.25, -0.2) is 4.68 Å². The molecule has 1 heterocycles. The maximum absolute atomic E-state index is 12.0. The largest absolute Gasteiger partial charge is 0.497 e. The molecule has 0 atom stereocenters. The quantitative estimate of drug-likeness (QED) is 0.575. The van der Waals surface area contributed by atoms with E-state index in [9.17, 15) is 4.79 Å². The summed E-state index contributed by atoms with van der Waals surface area (Å²) in [6.07, 6.45) is 0.766. The molecule has 0 saturated carbocycles. The van der Waals surface area contributed by atoms with Gasteiger partial charge in [0.2, 0.25) is 11.1 Å². The number of ether oxygens (including phenoxy) is 1. The zero-order valence-electron chi connectivity index (χ0n) is 15.1. The van der Waals surface area contributed by atoms with Crippen LogP contribution < -0.4 is 15.9 Å². The molecule has 7 nitrogen and oxygen atoms in total. The highest BCUT2D eigenvalue weighted by Crippen LogP contribution is 2.23. The number of carbonyl (C=O) groups excluding carboxylic acids is 1. The number of benzene rings is 1. The molecule has 1 aromatic carbocycles. The molecule has 0 fully saturated rings. The van der Waals surface area contributed by atoms with Crippen LogP contribution in [0.4, 0.5) is 0 Å². The summed E-state index contributed by atoms with van der Waals surface area (Å²) in [6.45, 7) is 6.62. The molecule has 1 amide bonds. The summed E-state index contributed by atoms with van der Waals surface area (Å²) in [7, 11) is 1.64. The summed E-state index contributed by atoms with van der Waals surface area (Å²) in [5.74, 6) is 7.71. The van der Waals surface area contributed by atoms with E-state index < -0.39 is 0 Å². The number of hydrogen-bond acceptors (Lipinski definition) is 6. The average molecular weight is 363 g/mol. The van der Waals surface area contributed by atoms with Crippen molar-refractivity contribution < 1.29 is 9.53 Å². The molecule has 1 aromatic heterocycles. The van der Waals surface area contributed by atoms with Crippen LogP contribution in [-0.4, -0.2) is 40.2 Å². The number of nitrogen functional groups attached to an aromatic ring is 1. The van der Waals surface area contributed by atoms with E-state index in [1.807, 2.05) is 45.0 Å². The molecule has 0 unspecified atom stereocenters. The first-order chi connectivity index (χ1) is 11.8. The molecule has 0 aliphatic carbocycles. The Balaban J connectivity index is 1.76. The molecule has 0 bridgehead atoms. The van der Waals surface area contributed by atoms with Crippen molar-refractivity contribution in [3.8, 4) is 5.75 Å². The third-order valence-electron chi connectivity index (χ3n) is 3.56. The number of nitrogens with one attached hydrogen (secondary N) is 1. The van der Waals surface area contributed by atoms with Crippen LogP contribution in [0, 0.1) is 0 Å². The Morgan fingerprint density at radius 3 is 2.52 bits per heavy atom. The van der Waals surface area contributed by atoms with Gasteiger partial charge in [-0.3, -0.25) is 4.79 Å². The van der Waals surface area contributed by atoms with Crippen molar-refractivity contribution in [2.75, 3.05) is 25.3 Å². The van der Waals surface area contributed by atoms with Crippen LogP contribution in [0.25, 0.3) is 0 Å². The highest BCUT2D eigenvalue weighted by molar-refractivity contribution is 7.99. The topological polar surface area (TPSA) is 95.1 Å².